The van der Waals surface area contributed by atoms with Gasteiger partial charge in [0.1, 0.15) is 0 Å². The van der Waals surface area contributed by atoms with E-state index >= 15 is 0 Å². The summed E-state index contributed by atoms with van der Waals surface area (Å²) in [5.41, 5.74) is 0.216. The van der Waals surface area contributed by atoms with E-state index in [9.17, 15) is 0 Å². The number of nitrogens with zero attached hydrogens (tertiary/aromatic N) is 2. The van der Waals surface area contributed by atoms with Crippen LogP contribution < -0.4 is 0 Å². The average molecular weight is 491 g/mol. The summed E-state index contributed by atoms with van der Waals surface area (Å²) in [6.07, 6.45) is 16.0. The summed E-state index contributed by atoms with van der Waals surface area (Å²) in [4.78, 5) is 0. The van der Waals surface area contributed by atoms with Crippen LogP contribution in [-0.4, -0.2) is 19.6 Å². The predicted octanol–water partition coefficient (Wildman–Crippen LogP) is 6.94. The standard InChI is InChI=1S/2C7H13.C4H9N.C2H6N.Ta/c2*1-7-5-3-2-4-6-7;1-4(2,3)5;1-3-2;/h2*2,7H,3-6H2,1H3;1-3H3;1-2H3;/q2*-1;;-1;. The zero-order valence-electron chi connectivity index (χ0n) is 16.8. The first kappa shape index (κ1) is 25.7. The molecule has 0 aromatic heterocycles. The van der Waals surface area contributed by atoms with Gasteiger partial charge in [-0.05, 0) is 11.8 Å². The van der Waals surface area contributed by atoms with Crippen LogP contribution in [0.2, 0.25) is 0 Å². The van der Waals surface area contributed by atoms with Gasteiger partial charge in [0.25, 0.3) is 0 Å². The van der Waals surface area contributed by atoms with Gasteiger partial charge in [-0.25, -0.2) is 0 Å². The quantitative estimate of drug-likeness (QED) is 0.329. The molecule has 3 heteroatoms. The van der Waals surface area contributed by atoms with Gasteiger partial charge in [0.2, 0.25) is 0 Å². The molecule has 2 fully saturated rings. The van der Waals surface area contributed by atoms with E-state index in [1.165, 1.54) is 51.4 Å². The maximum Gasteiger partial charge on any atom is -0.0491 e. The maximum atomic E-state index is 4.13. The molecule has 0 radical (unpaired) electrons. The van der Waals surface area contributed by atoms with E-state index in [1.54, 1.807) is 14.1 Å². The first-order valence-corrected chi connectivity index (χ1v) is 10.7. The van der Waals surface area contributed by atoms with Crippen LogP contribution in [0.4, 0.5) is 0 Å². The molecule has 2 saturated carbocycles. The van der Waals surface area contributed by atoms with Gasteiger partial charge < -0.3 is 18.2 Å². The third-order valence-electron chi connectivity index (χ3n) is 3.75. The van der Waals surface area contributed by atoms with Crippen molar-refractivity contribution in [1.29, 1.82) is 0 Å². The molecule has 2 aliphatic carbocycles. The van der Waals surface area contributed by atoms with Crippen molar-refractivity contribution in [2.24, 2.45) is 15.2 Å². The van der Waals surface area contributed by atoms with Crippen LogP contribution in [0.1, 0.15) is 86.0 Å². The summed E-state index contributed by atoms with van der Waals surface area (Å²) in [6, 6.07) is 0. The molecule has 0 N–H and O–H groups in total. The Bertz CT molecular complexity index is 221. The first-order valence-electron chi connectivity index (χ1n) is 9.24. The van der Waals surface area contributed by atoms with Gasteiger partial charge in [-0.3, -0.25) is 0 Å². The van der Waals surface area contributed by atoms with Crippen LogP contribution >= 0.6 is 0 Å². The summed E-state index contributed by atoms with van der Waals surface area (Å²) in [7, 11) is 3.50. The molecule has 0 atom stereocenters. The van der Waals surface area contributed by atoms with Gasteiger partial charge >= 0.3 is 50.5 Å². The predicted molar refractivity (Wildman–Crippen MR) is 101 cm³/mol. The third kappa shape index (κ3) is 24.9. The first-order chi connectivity index (χ1) is 10.8. The smallest absolute Gasteiger partial charge is 0.0491 e. The Balaban J connectivity index is 0. The summed E-state index contributed by atoms with van der Waals surface area (Å²) >= 11 is 1.15. The van der Waals surface area contributed by atoms with E-state index in [0.717, 1.165) is 32.7 Å². The third-order valence-corrected chi connectivity index (χ3v) is 5.91. The Morgan fingerprint density at radius 1 is 0.826 bits per heavy atom. The molecule has 0 heterocycles. The summed E-state index contributed by atoms with van der Waals surface area (Å²) in [5.74, 6) is 2.01. The molecule has 0 spiro atoms. The molecular formula is C20H41N2Ta-3. The Labute approximate surface area is 159 Å². The summed E-state index contributed by atoms with van der Waals surface area (Å²) < 4.78 is 4.13. The van der Waals surface area contributed by atoms with Crippen LogP contribution in [0.15, 0.2) is 3.34 Å². The van der Waals surface area contributed by atoms with Gasteiger partial charge in [0.15, 0.2) is 0 Å². The minimum absolute atomic E-state index is 0.216. The van der Waals surface area contributed by atoms with Crippen molar-refractivity contribution in [2.75, 3.05) is 14.1 Å². The summed E-state index contributed by atoms with van der Waals surface area (Å²) in [5, 5.41) is 3.50. The van der Waals surface area contributed by atoms with E-state index in [1.807, 2.05) is 0 Å². The van der Waals surface area contributed by atoms with E-state index < -0.39 is 0 Å². The molecule has 0 aromatic rings. The fourth-order valence-electron chi connectivity index (χ4n) is 2.19. The van der Waals surface area contributed by atoms with Crippen molar-refractivity contribution in [3.8, 4) is 0 Å². The van der Waals surface area contributed by atoms with Crippen molar-refractivity contribution >= 4 is 0 Å². The molecule has 2 rings (SSSR count). The molecular weight excluding hydrogens is 449 g/mol. The fraction of sp³-hybridized carbons (Fsp3) is 0.900. The second-order valence-corrected chi connectivity index (χ2v) is 8.53. The van der Waals surface area contributed by atoms with Gasteiger partial charge in [0.05, 0.1) is 0 Å². The Morgan fingerprint density at radius 2 is 1.04 bits per heavy atom. The Kier molecular flexibility index (Phi) is 19.4. The normalized spacial score (nSPS) is 19.0. The Hall–Kier alpha value is 0.500. The average Bonchev–Trinajstić information content (AvgIpc) is 2.50. The largest absolute Gasteiger partial charge is 0.668 e. The molecule has 0 amide bonds. The number of rotatable bonds is 0. The maximum absolute atomic E-state index is 4.13. The van der Waals surface area contributed by atoms with Gasteiger partial charge in [0, 0.05) is 0 Å². The number of hydrogen-bond acceptors (Lipinski definition) is 1. The second kappa shape index (κ2) is 17.3. The van der Waals surface area contributed by atoms with Crippen LogP contribution in [0, 0.1) is 24.7 Å². The van der Waals surface area contributed by atoms with Crippen LogP contribution in [0.25, 0.3) is 5.32 Å². The molecule has 2 nitrogen and oxygen atoms in total. The van der Waals surface area contributed by atoms with E-state index in [-0.39, 0.29) is 5.54 Å². The van der Waals surface area contributed by atoms with E-state index in [2.05, 4.69) is 56.1 Å². The van der Waals surface area contributed by atoms with Crippen molar-refractivity contribution in [2.45, 2.75) is 91.5 Å². The Morgan fingerprint density at radius 3 is 1.13 bits per heavy atom. The fourth-order valence-corrected chi connectivity index (χ4v) is 2.19. The zero-order valence-corrected chi connectivity index (χ0v) is 20.0. The van der Waals surface area contributed by atoms with Gasteiger partial charge in [-0.1, -0.05) is 39.5 Å². The van der Waals surface area contributed by atoms with Gasteiger partial charge in [-0.15, -0.1) is 0 Å². The van der Waals surface area contributed by atoms with Gasteiger partial charge in [-0.2, -0.15) is 39.8 Å². The molecule has 0 bridgehead atoms. The SMILES string of the molecule is CC(C)(C)[N]=[Ta].CC1CC[CH-]CC1.CC1CC[CH-]CC1.C[N-]C. The summed E-state index contributed by atoms with van der Waals surface area (Å²) in [6.45, 7) is 11.0. The van der Waals surface area contributed by atoms with Crippen molar-refractivity contribution in [3.05, 3.63) is 18.2 Å². The van der Waals surface area contributed by atoms with Crippen LogP contribution in [0.5, 0.6) is 0 Å². The van der Waals surface area contributed by atoms with Crippen molar-refractivity contribution < 1.29 is 20.9 Å². The van der Waals surface area contributed by atoms with Crippen molar-refractivity contribution in [1.82, 2.24) is 0 Å². The van der Waals surface area contributed by atoms with Crippen LogP contribution in [-0.2, 0) is 20.9 Å². The molecule has 0 unspecified atom stereocenters. The van der Waals surface area contributed by atoms with E-state index in [0.29, 0.717) is 0 Å². The molecule has 23 heavy (non-hydrogen) atoms. The molecule has 0 aromatic carbocycles. The van der Waals surface area contributed by atoms with Crippen LogP contribution in [0.3, 0.4) is 0 Å². The zero-order chi connectivity index (χ0) is 18.1. The minimum Gasteiger partial charge on any atom is -0.668 e. The minimum atomic E-state index is 0.216. The second-order valence-electron chi connectivity index (χ2n) is 7.82. The topological polar surface area (TPSA) is 26.5 Å². The molecule has 0 aliphatic heterocycles. The molecule has 2 aliphatic rings. The van der Waals surface area contributed by atoms with Crippen molar-refractivity contribution in [3.63, 3.8) is 0 Å². The molecule has 139 valence electrons. The monoisotopic (exact) mass is 490 g/mol. The van der Waals surface area contributed by atoms with E-state index in [4.69, 9.17) is 0 Å². The molecule has 0 saturated heterocycles. The number of hydrogen-bond donors (Lipinski definition) is 0.